The van der Waals surface area contributed by atoms with Gasteiger partial charge in [-0.1, -0.05) is 0 Å². The third-order valence-corrected chi connectivity index (χ3v) is 5.08. The molecule has 9 heteroatoms. The zero-order chi connectivity index (χ0) is 19.2. The molecule has 3 rings (SSSR count). The van der Waals surface area contributed by atoms with Gasteiger partial charge in [0, 0.05) is 53.0 Å². The number of imidazole rings is 1. The number of aromatic nitrogens is 2. The topological polar surface area (TPSA) is 96.8 Å². The Morgan fingerprint density at radius 3 is 2.67 bits per heavy atom. The van der Waals surface area contributed by atoms with E-state index in [1.54, 1.807) is 16.9 Å². The van der Waals surface area contributed by atoms with Gasteiger partial charge in [-0.3, -0.25) is 14.4 Å². The van der Waals surface area contributed by atoms with E-state index in [0.717, 1.165) is 37.8 Å². The second kappa shape index (κ2) is 8.98. The fourth-order valence-corrected chi connectivity index (χ4v) is 3.57. The van der Waals surface area contributed by atoms with Crippen molar-refractivity contribution in [3.8, 4) is 0 Å². The Hall–Kier alpha value is -2.42. The molecule has 1 saturated heterocycles. The molecule has 0 aliphatic carbocycles. The lowest BCUT2D eigenvalue weighted by atomic mass is 10.1. The molecule has 1 aromatic heterocycles. The number of amides is 3. The first-order valence-corrected chi connectivity index (χ1v) is 9.51. The predicted molar refractivity (Wildman–Crippen MR) is 97.5 cm³/mol. The second-order valence-corrected chi connectivity index (χ2v) is 6.88. The molecule has 1 fully saturated rings. The quantitative estimate of drug-likeness (QED) is 0.529. The van der Waals surface area contributed by atoms with Crippen LogP contribution in [0, 0.1) is 0 Å². The molecule has 2 aliphatic rings. The number of carbonyl (C=O) groups is 3. The Morgan fingerprint density at radius 2 is 1.96 bits per heavy atom. The number of rotatable bonds is 7. The van der Waals surface area contributed by atoms with E-state index in [1.165, 1.54) is 0 Å². The fraction of sp³-hybridized carbons (Fsp3) is 0.667. The summed E-state index contributed by atoms with van der Waals surface area (Å²) < 4.78 is 6.88. The minimum Gasteiger partial charge on any atom is -0.385 e. The third kappa shape index (κ3) is 4.29. The molecule has 0 unspecified atom stereocenters. The summed E-state index contributed by atoms with van der Waals surface area (Å²) in [7, 11) is 1.62. The second-order valence-electron chi connectivity index (χ2n) is 6.88. The van der Waals surface area contributed by atoms with Gasteiger partial charge in [0.2, 0.25) is 6.41 Å². The maximum Gasteiger partial charge on any atom is 0.287 e. The van der Waals surface area contributed by atoms with Gasteiger partial charge in [-0.05, 0) is 25.7 Å². The van der Waals surface area contributed by atoms with Crippen LogP contribution in [0.1, 0.15) is 46.1 Å². The third-order valence-electron chi connectivity index (χ3n) is 5.08. The Labute approximate surface area is 158 Å². The Kier molecular flexibility index (Phi) is 6.44. The number of ether oxygens (including phenoxy) is 1. The number of hydrogen-bond acceptors (Lipinski definition) is 5. The van der Waals surface area contributed by atoms with Crippen LogP contribution in [0.25, 0.3) is 0 Å². The summed E-state index contributed by atoms with van der Waals surface area (Å²) in [6.07, 6.45) is 4.24. The molecular formula is C18H27N5O4. The fourth-order valence-electron chi connectivity index (χ4n) is 3.57. The summed E-state index contributed by atoms with van der Waals surface area (Å²) in [5.41, 5.74) is 1.24. The molecule has 148 valence electrons. The van der Waals surface area contributed by atoms with Crippen molar-refractivity contribution < 1.29 is 19.1 Å². The van der Waals surface area contributed by atoms with Crippen LogP contribution in [0.3, 0.4) is 0 Å². The molecule has 27 heavy (non-hydrogen) atoms. The maximum absolute atomic E-state index is 13.0. The zero-order valence-corrected chi connectivity index (χ0v) is 15.8. The lowest BCUT2D eigenvalue weighted by molar-refractivity contribution is -0.119. The lowest BCUT2D eigenvalue weighted by Crippen LogP contribution is -2.48. The number of nitrogens with one attached hydrogen (secondary N) is 1. The Balaban J connectivity index is 1.75. The van der Waals surface area contributed by atoms with Crippen LogP contribution >= 0.6 is 0 Å². The van der Waals surface area contributed by atoms with Crippen LogP contribution in [0.4, 0.5) is 0 Å². The summed E-state index contributed by atoms with van der Waals surface area (Å²) in [6.45, 7) is 3.82. The van der Waals surface area contributed by atoms with Crippen molar-refractivity contribution in [2.75, 3.05) is 46.4 Å². The average molecular weight is 377 g/mol. The van der Waals surface area contributed by atoms with Gasteiger partial charge in [-0.25, -0.2) is 4.98 Å². The van der Waals surface area contributed by atoms with E-state index < -0.39 is 0 Å². The van der Waals surface area contributed by atoms with E-state index >= 15 is 0 Å². The SMILES string of the molecule is COCCCNC(=O)c1nc(C(=O)N2CCN(C=O)CC2)c2n1CCCC2. The van der Waals surface area contributed by atoms with Crippen LogP contribution in [-0.2, 0) is 22.5 Å². The van der Waals surface area contributed by atoms with E-state index in [4.69, 9.17) is 4.74 Å². The van der Waals surface area contributed by atoms with Crippen molar-refractivity contribution in [1.29, 1.82) is 0 Å². The van der Waals surface area contributed by atoms with Crippen LogP contribution in [0.2, 0.25) is 0 Å². The van der Waals surface area contributed by atoms with Crippen LogP contribution in [0.5, 0.6) is 0 Å². The molecule has 0 saturated carbocycles. The summed E-state index contributed by atoms with van der Waals surface area (Å²) in [5, 5.41) is 2.86. The largest absolute Gasteiger partial charge is 0.385 e. The first kappa shape index (κ1) is 19.3. The molecule has 2 aliphatic heterocycles. The van der Waals surface area contributed by atoms with Crippen LogP contribution in [-0.4, -0.2) is 84.0 Å². The Bertz CT molecular complexity index is 694. The van der Waals surface area contributed by atoms with Crippen molar-refractivity contribution in [1.82, 2.24) is 24.7 Å². The van der Waals surface area contributed by atoms with E-state index in [-0.39, 0.29) is 11.8 Å². The smallest absolute Gasteiger partial charge is 0.287 e. The minimum absolute atomic E-state index is 0.148. The predicted octanol–water partition coefficient (Wildman–Crippen LogP) is -0.100. The highest BCUT2D eigenvalue weighted by molar-refractivity contribution is 5.97. The summed E-state index contributed by atoms with van der Waals surface area (Å²) in [4.78, 5) is 44.3. The standard InChI is InChI=1S/C18H27N5O4/c1-27-12-4-6-19-17(25)16-20-15(14-5-2-3-7-23(14)16)18(26)22-10-8-21(13-24)9-11-22/h13H,2-12H2,1H3,(H,19,25). The van der Waals surface area contributed by atoms with Gasteiger partial charge < -0.3 is 24.4 Å². The molecule has 1 N–H and O–H groups in total. The maximum atomic E-state index is 13.0. The monoisotopic (exact) mass is 377 g/mol. The highest BCUT2D eigenvalue weighted by Crippen LogP contribution is 2.22. The van der Waals surface area contributed by atoms with Gasteiger partial charge in [0.05, 0.1) is 5.69 Å². The molecule has 0 atom stereocenters. The number of fused-ring (bicyclic) bond motifs is 1. The molecule has 3 amide bonds. The van der Waals surface area contributed by atoms with Crippen molar-refractivity contribution >= 4 is 18.2 Å². The molecule has 1 aromatic rings. The molecule has 9 nitrogen and oxygen atoms in total. The van der Waals surface area contributed by atoms with Gasteiger partial charge >= 0.3 is 0 Å². The van der Waals surface area contributed by atoms with E-state index in [0.29, 0.717) is 57.4 Å². The number of carbonyl (C=O) groups excluding carboxylic acids is 3. The average Bonchev–Trinajstić information content (AvgIpc) is 3.10. The highest BCUT2D eigenvalue weighted by Gasteiger charge is 2.31. The molecule has 3 heterocycles. The van der Waals surface area contributed by atoms with E-state index in [9.17, 15) is 14.4 Å². The lowest BCUT2D eigenvalue weighted by Gasteiger charge is -2.32. The highest BCUT2D eigenvalue weighted by atomic mass is 16.5. The molecule has 0 aromatic carbocycles. The number of hydrogen-bond donors (Lipinski definition) is 1. The first-order valence-electron chi connectivity index (χ1n) is 9.51. The van der Waals surface area contributed by atoms with Crippen molar-refractivity contribution in [3.63, 3.8) is 0 Å². The summed E-state index contributed by atoms with van der Waals surface area (Å²) >= 11 is 0. The number of methoxy groups -OCH3 is 1. The molecule has 0 bridgehead atoms. The van der Waals surface area contributed by atoms with Crippen LogP contribution in [0.15, 0.2) is 0 Å². The van der Waals surface area contributed by atoms with Gasteiger partial charge in [0.1, 0.15) is 5.69 Å². The first-order chi connectivity index (χ1) is 13.2. The molecule has 0 radical (unpaired) electrons. The Morgan fingerprint density at radius 1 is 1.19 bits per heavy atom. The number of piperazine rings is 1. The van der Waals surface area contributed by atoms with Crippen molar-refractivity contribution in [3.05, 3.63) is 17.2 Å². The van der Waals surface area contributed by atoms with E-state index in [2.05, 4.69) is 10.3 Å². The summed E-state index contributed by atoms with van der Waals surface area (Å²) in [6, 6.07) is 0. The van der Waals surface area contributed by atoms with Crippen molar-refractivity contribution in [2.24, 2.45) is 0 Å². The number of nitrogens with zero attached hydrogens (tertiary/aromatic N) is 4. The zero-order valence-electron chi connectivity index (χ0n) is 15.8. The minimum atomic E-state index is -0.251. The molecule has 0 spiro atoms. The van der Waals surface area contributed by atoms with Crippen molar-refractivity contribution in [2.45, 2.75) is 32.2 Å². The molecular weight excluding hydrogens is 350 g/mol. The van der Waals surface area contributed by atoms with Gasteiger partial charge in [0.25, 0.3) is 11.8 Å². The van der Waals surface area contributed by atoms with Crippen LogP contribution < -0.4 is 5.32 Å². The van der Waals surface area contributed by atoms with Gasteiger partial charge in [-0.2, -0.15) is 0 Å². The van der Waals surface area contributed by atoms with Gasteiger partial charge in [0.15, 0.2) is 5.82 Å². The summed E-state index contributed by atoms with van der Waals surface area (Å²) in [5.74, 6) is -0.0827. The van der Waals surface area contributed by atoms with E-state index in [1.807, 2.05) is 4.57 Å². The van der Waals surface area contributed by atoms with Gasteiger partial charge in [-0.15, -0.1) is 0 Å². The normalized spacial score (nSPS) is 16.8.